The van der Waals surface area contributed by atoms with Crippen LogP contribution >= 0.6 is 0 Å². The predicted molar refractivity (Wildman–Crippen MR) is 101 cm³/mol. The number of carbonyl (C=O) groups is 2. The van der Waals surface area contributed by atoms with Crippen LogP contribution in [0.3, 0.4) is 0 Å². The second kappa shape index (κ2) is 11.4. The monoisotopic (exact) mass is 358 g/mol. The summed E-state index contributed by atoms with van der Waals surface area (Å²) in [6, 6.07) is -0.640. The number of carbonyl (C=O) groups excluding carboxylic acids is 2. The third-order valence-corrected chi connectivity index (χ3v) is 3.39. The fraction of sp³-hybridized carbons (Fsp3) is 0.889. The van der Waals surface area contributed by atoms with E-state index in [-0.39, 0.29) is 23.6 Å². The molecule has 5 N–H and O–H groups in total. The van der Waals surface area contributed by atoms with Crippen LogP contribution in [-0.4, -0.2) is 55.2 Å². The summed E-state index contributed by atoms with van der Waals surface area (Å²) in [6.07, 6.45) is 2.28. The van der Waals surface area contributed by atoms with E-state index in [1.807, 2.05) is 0 Å². The van der Waals surface area contributed by atoms with Crippen molar-refractivity contribution in [3.63, 3.8) is 0 Å². The van der Waals surface area contributed by atoms with Gasteiger partial charge in [-0.1, -0.05) is 0 Å². The number of amides is 2. The summed E-state index contributed by atoms with van der Waals surface area (Å²) in [5.41, 5.74) is 5.47. The Hall–Kier alpha value is -1.18. The molecule has 0 radical (unpaired) electrons. The Bertz CT molecular complexity index is 400. The van der Waals surface area contributed by atoms with E-state index in [0.717, 1.165) is 19.4 Å². The van der Waals surface area contributed by atoms with E-state index in [1.165, 1.54) is 0 Å². The first-order chi connectivity index (χ1) is 11.4. The number of ether oxygens (including phenoxy) is 1. The minimum Gasteiger partial charge on any atom is -0.370 e. The van der Waals surface area contributed by atoms with E-state index in [9.17, 15) is 9.59 Å². The van der Waals surface area contributed by atoms with Crippen LogP contribution in [0.25, 0.3) is 0 Å². The first-order valence-electron chi connectivity index (χ1n) is 9.07. The van der Waals surface area contributed by atoms with Crippen molar-refractivity contribution >= 4 is 11.8 Å². The maximum atomic E-state index is 11.9. The largest absolute Gasteiger partial charge is 0.370 e. The molecule has 0 heterocycles. The maximum absolute atomic E-state index is 11.9. The van der Waals surface area contributed by atoms with Gasteiger partial charge in [0.15, 0.2) is 0 Å². The first-order valence-corrected chi connectivity index (χ1v) is 9.07. The lowest BCUT2D eigenvalue weighted by Crippen LogP contribution is -2.46. The Balaban J connectivity index is 3.93. The number of primary amides is 1. The van der Waals surface area contributed by atoms with Crippen molar-refractivity contribution in [3.05, 3.63) is 0 Å². The van der Waals surface area contributed by atoms with Gasteiger partial charge < -0.3 is 26.4 Å². The van der Waals surface area contributed by atoms with E-state index in [2.05, 4.69) is 57.5 Å². The molecule has 0 aromatic rings. The molecule has 0 unspecified atom stereocenters. The summed E-state index contributed by atoms with van der Waals surface area (Å²) in [5, 5.41) is 9.31. The van der Waals surface area contributed by atoms with Crippen LogP contribution in [-0.2, 0) is 14.3 Å². The minimum absolute atomic E-state index is 0.0184. The maximum Gasteiger partial charge on any atom is 0.246 e. The van der Waals surface area contributed by atoms with Crippen LogP contribution in [0.1, 0.15) is 60.8 Å². The molecule has 1 atom stereocenters. The van der Waals surface area contributed by atoms with Crippen molar-refractivity contribution in [1.29, 1.82) is 0 Å². The Morgan fingerprint density at radius 1 is 0.960 bits per heavy atom. The van der Waals surface area contributed by atoms with Gasteiger partial charge in [0.05, 0.1) is 6.61 Å². The van der Waals surface area contributed by atoms with Gasteiger partial charge in [0.2, 0.25) is 11.8 Å². The van der Waals surface area contributed by atoms with Crippen LogP contribution in [0.5, 0.6) is 0 Å². The van der Waals surface area contributed by atoms with Crippen LogP contribution < -0.4 is 21.7 Å². The molecule has 148 valence electrons. The number of rotatable bonds is 12. The van der Waals surface area contributed by atoms with Crippen molar-refractivity contribution in [2.24, 2.45) is 5.73 Å². The van der Waals surface area contributed by atoms with E-state index >= 15 is 0 Å². The molecule has 0 aromatic carbocycles. The first kappa shape index (κ1) is 23.8. The van der Waals surface area contributed by atoms with Crippen molar-refractivity contribution in [3.8, 4) is 0 Å². The third kappa shape index (κ3) is 16.1. The van der Waals surface area contributed by atoms with Crippen LogP contribution in [0.2, 0.25) is 0 Å². The highest BCUT2D eigenvalue weighted by atomic mass is 16.5. The summed E-state index contributed by atoms with van der Waals surface area (Å²) < 4.78 is 5.32. The molecule has 7 heteroatoms. The van der Waals surface area contributed by atoms with Crippen molar-refractivity contribution in [1.82, 2.24) is 16.0 Å². The Kier molecular flexibility index (Phi) is 10.9. The molecular formula is C18H38N4O3. The van der Waals surface area contributed by atoms with Gasteiger partial charge in [-0.2, -0.15) is 0 Å². The third-order valence-electron chi connectivity index (χ3n) is 3.39. The number of hydrogen-bond donors (Lipinski definition) is 4. The number of nitrogens with two attached hydrogens (primary N) is 1. The van der Waals surface area contributed by atoms with Crippen LogP contribution in [0.4, 0.5) is 0 Å². The van der Waals surface area contributed by atoms with Gasteiger partial charge in [-0.05, 0) is 67.3 Å². The number of hydrogen-bond acceptors (Lipinski definition) is 5. The van der Waals surface area contributed by atoms with Gasteiger partial charge in [0.1, 0.15) is 12.6 Å². The minimum atomic E-state index is -0.640. The Labute approximate surface area is 152 Å². The van der Waals surface area contributed by atoms with Crippen LogP contribution in [0.15, 0.2) is 0 Å². The zero-order valence-electron chi connectivity index (χ0n) is 16.8. The van der Waals surface area contributed by atoms with E-state index in [0.29, 0.717) is 19.6 Å². The number of unbranched alkanes of at least 4 members (excludes halogenated alkanes) is 1. The molecule has 0 aromatic heterocycles. The second-order valence-corrected chi connectivity index (χ2v) is 8.42. The molecule has 2 amide bonds. The molecule has 0 rings (SSSR count). The molecule has 0 aliphatic heterocycles. The van der Waals surface area contributed by atoms with Crippen molar-refractivity contribution in [2.75, 3.05) is 26.3 Å². The molecule has 0 aliphatic rings. The molecule has 0 fully saturated rings. The zero-order valence-corrected chi connectivity index (χ0v) is 16.8. The van der Waals surface area contributed by atoms with Gasteiger partial charge in [-0.3, -0.25) is 9.59 Å². The molecule has 7 nitrogen and oxygen atoms in total. The molecule has 0 aliphatic carbocycles. The molecule has 0 bridgehead atoms. The van der Waals surface area contributed by atoms with Gasteiger partial charge >= 0.3 is 0 Å². The second-order valence-electron chi connectivity index (χ2n) is 8.42. The lowest BCUT2D eigenvalue weighted by Gasteiger charge is -2.21. The Morgan fingerprint density at radius 3 is 2.04 bits per heavy atom. The van der Waals surface area contributed by atoms with Crippen molar-refractivity contribution in [2.45, 2.75) is 77.9 Å². The molecule has 0 saturated heterocycles. The Morgan fingerprint density at radius 2 is 1.52 bits per heavy atom. The summed E-state index contributed by atoms with van der Waals surface area (Å²) in [5.74, 6) is -0.820. The van der Waals surface area contributed by atoms with Gasteiger partial charge in [-0.25, -0.2) is 0 Å². The summed E-state index contributed by atoms with van der Waals surface area (Å²) in [7, 11) is 0. The zero-order chi connectivity index (χ0) is 19.5. The van der Waals surface area contributed by atoms with Crippen molar-refractivity contribution < 1.29 is 14.3 Å². The van der Waals surface area contributed by atoms with E-state index in [1.54, 1.807) is 0 Å². The average Bonchev–Trinajstić information content (AvgIpc) is 2.42. The van der Waals surface area contributed by atoms with E-state index < -0.39 is 11.9 Å². The predicted octanol–water partition coefficient (Wildman–Crippen LogP) is 0.920. The average molecular weight is 359 g/mol. The molecular weight excluding hydrogens is 320 g/mol. The highest BCUT2D eigenvalue weighted by Gasteiger charge is 2.18. The lowest BCUT2D eigenvalue weighted by molar-refractivity contribution is -0.130. The summed E-state index contributed by atoms with van der Waals surface area (Å²) in [4.78, 5) is 23.3. The molecule has 25 heavy (non-hydrogen) atoms. The highest BCUT2D eigenvalue weighted by Crippen LogP contribution is 2.03. The highest BCUT2D eigenvalue weighted by molar-refractivity contribution is 5.86. The number of nitrogens with one attached hydrogen (secondary N) is 3. The van der Waals surface area contributed by atoms with Gasteiger partial charge in [0, 0.05) is 17.6 Å². The smallest absolute Gasteiger partial charge is 0.246 e. The van der Waals surface area contributed by atoms with Crippen LogP contribution in [0, 0.1) is 0 Å². The summed E-state index contributed by atoms with van der Waals surface area (Å²) in [6.45, 7) is 14.4. The van der Waals surface area contributed by atoms with Gasteiger partial charge in [0.25, 0.3) is 0 Å². The standard InChI is InChI=1S/C18H38N4O3/c1-17(2,3)20-10-8-7-9-14(16(19)24)22-15(23)13-25-12-11-21-18(4,5)6/h14,20-21H,7-13H2,1-6H3,(H2,19,24)(H,22,23)/t14-/m0/s1. The van der Waals surface area contributed by atoms with Gasteiger partial charge in [-0.15, -0.1) is 0 Å². The quantitative estimate of drug-likeness (QED) is 0.388. The summed E-state index contributed by atoms with van der Waals surface area (Å²) >= 11 is 0. The lowest BCUT2D eigenvalue weighted by atomic mass is 10.1. The fourth-order valence-corrected chi connectivity index (χ4v) is 2.12. The normalized spacial score (nSPS) is 13.5. The van der Waals surface area contributed by atoms with E-state index in [4.69, 9.17) is 10.5 Å². The topological polar surface area (TPSA) is 105 Å². The molecule has 0 saturated carbocycles. The molecule has 0 spiro atoms. The fourth-order valence-electron chi connectivity index (χ4n) is 2.12. The SMILES string of the molecule is CC(C)(C)NCCCC[C@H](NC(=O)COCCNC(C)(C)C)C(N)=O.